The summed E-state index contributed by atoms with van der Waals surface area (Å²) < 4.78 is 0. The van der Waals surface area contributed by atoms with Crippen LogP contribution in [0.4, 0.5) is 10.8 Å². The van der Waals surface area contributed by atoms with E-state index in [-0.39, 0.29) is 5.78 Å². The predicted octanol–water partition coefficient (Wildman–Crippen LogP) is 6.71. The molecule has 134 valence electrons. The van der Waals surface area contributed by atoms with E-state index in [1.165, 1.54) is 16.2 Å². The molecule has 1 N–H and O–H groups in total. The molecule has 3 nitrogen and oxygen atoms in total. The zero-order valence-corrected chi connectivity index (χ0v) is 17.3. The monoisotopic (exact) mass is 422 g/mol. The summed E-state index contributed by atoms with van der Waals surface area (Å²) in [6.07, 6.45) is 2.68. The normalized spacial score (nSPS) is 10.8. The number of rotatable bonds is 6. The van der Waals surface area contributed by atoms with Crippen LogP contribution in [-0.4, -0.2) is 17.0 Å². The number of hydrogen-bond donors (Lipinski definition) is 1. The van der Waals surface area contributed by atoms with Crippen LogP contribution in [0.2, 0.25) is 10.0 Å². The molecule has 0 unspecified atom stereocenters. The molecule has 0 bridgehead atoms. The molecule has 0 aliphatic carbocycles. The van der Waals surface area contributed by atoms with Crippen molar-refractivity contribution in [2.75, 3.05) is 11.6 Å². The molecule has 0 radical (unpaired) electrons. The quantitative estimate of drug-likeness (QED) is 0.354. The number of ketones is 1. The Bertz CT molecular complexity index is 919. The van der Waals surface area contributed by atoms with Gasteiger partial charge in [0.1, 0.15) is 4.88 Å². The van der Waals surface area contributed by atoms with Crippen LogP contribution in [0.5, 0.6) is 0 Å². The Kier molecular flexibility index (Phi) is 6.24. The molecule has 7 heteroatoms. The summed E-state index contributed by atoms with van der Waals surface area (Å²) in [4.78, 5) is 19.3. The minimum absolute atomic E-state index is 0.194. The molecule has 0 aliphatic heterocycles. The summed E-state index contributed by atoms with van der Waals surface area (Å²) in [6, 6.07) is 13.1. The van der Waals surface area contributed by atoms with Gasteiger partial charge in [0.15, 0.2) is 5.13 Å². The van der Waals surface area contributed by atoms with Gasteiger partial charge in [-0.25, -0.2) is 4.98 Å². The van der Waals surface area contributed by atoms with Crippen molar-refractivity contribution in [3.05, 3.63) is 68.6 Å². The maximum Gasteiger partial charge on any atom is 0.207 e. The van der Waals surface area contributed by atoms with Crippen LogP contribution in [0.25, 0.3) is 0 Å². The summed E-state index contributed by atoms with van der Waals surface area (Å²) in [6.45, 7) is 1.97. The number of anilines is 2. The highest BCUT2D eigenvalue weighted by Crippen LogP contribution is 2.33. The zero-order valence-electron chi connectivity index (χ0n) is 14.2. The van der Waals surface area contributed by atoms with Crippen molar-refractivity contribution in [2.45, 2.75) is 18.2 Å². The fourth-order valence-electron chi connectivity index (χ4n) is 2.45. The first kappa shape index (κ1) is 19.2. The first-order chi connectivity index (χ1) is 12.5. The second kappa shape index (κ2) is 8.44. The van der Waals surface area contributed by atoms with Gasteiger partial charge in [0, 0.05) is 10.6 Å². The van der Waals surface area contributed by atoms with Gasteiger partial charge >= 0.3 is 0 Å². The summed E-state index contributed by atoms with van der Waals surface area (Å²) >= 11 is 15.4. The minimum atomic E-state index is -0.194. The van der Waals surface area contributed by atoms with E-state index in [9.17, 15) is 4.79 Å². The summed E-state index contributed by atoms with van der Waals surface area (Å²) in [5.41, 5.74) is 1.98. The van der Waals surface area contributed by atoms with E-state index in [0.717, 1.165) is 11.4 Å². The van der Waals surface area contributed by atoms with Crippen LogP contribution in [0.1, 0.15) is 27.9 Å². The number of hydrogen-bond acceptors (Lipinski definition) is 5. The highest BCUT2D eigenvalue weighted by atomic mass is 35.5. The molecule has 3 rings (SSSR count). The Morgan fingerprint density at radius 2 is 1.81 bits per heavy atom. The number of thioether (sulfide) groups is 1. The third-order valence-electron chi connectivity index (χ3n) is 3.77. The number of carbonyl (C=O) groups excluding carboxylic acids is 1. The summed E-state index contributed by atoms with van der Waals surface area (Å²) in [5.74, 6) is -0.194. The van der Waals surface area contributed by atoms with E-state index in [1.54, 1.807) is 30.0 Å². The van der Waals surface area contributed by atoms with Crippen molar-refractivity contribution in [3.8, 4) is 0 Å². The van der Waals surface area contributed by atoms with Gasteiger partial charge in [-0.1, -0.05) is 47.5 Å². The van der Waals surface area contributed by atoms with E-state index in [4.69, 9.17) is 23.2 Å². The molecule has 0 aliphatic rings. The number of halogens is 2. The van der Waals surface area contributed by atoms with Gasteiger partial charge in [-0.15, -0.1) is 11.8 Å². The van der Waals surface area contributed by atoms with Crippen LogP contribution < -0.4 is 5.32 Å². The van der Waals surface area contributed by atoms with Crippen molar-refractivity contribution in [2.24, 2.45) is 0 Å². The Morgan fingerprint density at radius 3 is 2.38 bits per heavy atom. The molecule has 1 aromatic heterocycles. The number of nitrogens with one attached hydrogen (secondary N) is 1. The van der Waals surface area contributed by atoms with Crippen molar-refractivity contribution in [3.63, 3.8) is 0 Å². The second-order valence-corrected chi connectivity index (χ2v) is 8.12. The number of aromatic nitrogens is 1. The van der Waals surface area contributed by atoms with Crippen molar-refractivity contribution in [1.29, 1.82) is 0 Å². The van der Waals surface area contributed by atoms with E-state index in [0.29, 0.717) is 32.0 Å². The number of nitrogens with zero attached hydrogens (tertiary/aromatic N) is 1. The number of thiazole rings is 1. The Labute approximate surface area is 170 Å². The topological polar surface area (TPSA) is 42.0 Å². The maximum atomic E-state index is 13.0. The van der Waals surface area contributed by atoms with Gasteiger partial charge in [-0.05, 0) is 49.1 Å². The number of benzene rings is 2. The zero-order chi connectivity index (χ0) is 18.7. The molecular formula is C19H16Cl2N2OS2. The Hall–Kier alpha value is -1.53. The minimum Gasteiger partial charge on any atom is -0.332 e. The van der Waals surface area contributed by atoms with Crippen LogP contribution >= 0.6 is 46.3 Å². The van der Waals surface area contributed by atoms with E-state index in [1.807, 2.05) is 37.4 Å². The van der Waals surface area contributed by atoms with Crippen LogP contribution in [0.3, 0.4) is 0 Å². The molecule has 0 spiro atoms. The molecule has 2 aromatic carbocycles. The number of carbonyl (C=O) groups is 1. The highest BCUT2D eigenvalue weighted by molar-refractivity contribution is 7.98. The smallest absolute Gasteiger partial charge is 0.207 e. The lowest BCUT2D eigenvalue weighted by molar-refractivity contribution is 0.104. The molecule has 0 saturated heterocycles. The molecule has 1 heterocycles. The largest absolute Gasteiger partial charge is 0.332 e. The average molecular weight is 423 g/mol. The third kappa shape index (κ3) is 4.07. The van der Waals surface area contributed by atoms with E-state index < -0.39 is 0 Å². The molecule has 26 heavy (non-hydrogen) atoms. The summed E-state index contributed by atoms with van der Waals surface area (Å²) in [5, 5.41) is 4.63. The van der Waals surface area contributed by atoms with Gasteiger partial charge in [-0.2, -0.15) is 0 Å². The van der Waals surface area contributed by atoms with Crippen LogP contribution in [0, 0.1) is 0 Å². The van der Waals surface area contributed by atoms with Crippen molar-refractivity contribution < 1.29 is 4.79 Å². The molecule has 0 atom stereocenters. The van der Waals surface area contributed by atoms with Crippen LogP contribution in [-0.2, 0) is 6.42 Å². The standard InChI is InChI=1S/C19H16Cl2N2OS2/c1-3-15-18(17(24)16-13(20)5-4-6-14(16)21)26-19(23-15)22-11-7-9-12(25-2)10-8-11/h4-10H,3H2,1-2H3,(H,22,23). The van der Waals surface area contributed by atoms with Crippen LogP contribution in [0.15, 0.2) is 47.4 Å². The lowest BCUT2D eigenvalue weighted by atomic mass is 10.1. The summed E-state index contributed by atoms with van der Waals surface area (Å²) in [7, 11) is 0. The lowest BCUT2D eigenvalue weighted by Gasteiger charge is -2.05. The van der Waals surface area contributed by atoms with Crippen molar-refractivity contribution in [1.82, 2.24) is 4.98 Å². The van der Waals surface area contributed by atoms with E-state index in [2.05, 4.69) is 10.3 Å². The average Bonchev–Trinajstić information content (AvgIpc) is 3.05. The third-order valence-corrected chi connectivity index (χ3v) is 6.15. The van der Waals surface area contributed by atoms with Gasteiger partial charge in [0.25, 0.3) is 0 Å². The van der Waals surface area contributed by atoms with Gasteiger partial charge in [0.2, 0.25) is 5.78 Å². The van der Waals surface area contributed by atoms with Gasteiger partial charge in [-0.3, -0.25) is 4.79 Å². The maximum absolute atomic E-state index is 13.0. The Balaban J connectivity index is 1.92. The Morgan fingerprint density at radius 1 is 1.15 bits per heavy atom. The molecule has 0 saturated carbocycles. The SMILES string of the molecule is CCc1nc(Nc2ccc(SC)cc2)sc1C(=O)c1c(Cl)cccc1Cl. The molecule has 0 amide bonds. The first-order valence-corrected chi connectivity index (χ1v) is 10.7. The highest BCUT2D eigenvalue weighted by Gasteiger charge is 2.23. The van der Waals surface area contributed by atoms with E-state index >= 15 is 0 Å². The first-order valence-electron chi connectivity index (χ1n) is 7.93. The predicted molar refractivity (Wildman–Crippen MR) is 113 cm³/mol. The molecule has 3 aromatic rings. The fraction of sp³-hybridized carbons (Fsp3) is 0.158. The van der Waals surface area contributed by atoms with Gasteiger partial charge in [0.05, 0.1) is 21.3 Å². The second-order valence-electron chi connectivity index (χ2n) is 5.43. The molecular weight excluding hydrogens is 407 g/mol. The number of aryl methyl sites for hydroxylation is 1. The van der Waals surface area contributed by atoms with Gasteiger partial charge < -0.3 is 5.32 Å². The lowest BCUT2D eigenvalue weighted by Crippen LogP contribution is -2.04. The fourth-order valence-corrected chi connectivity index (χ4v) is 4.45. The molecule has 0 fully saturated rings. The van der Waals surface area contributed by atoms with Crippen molar-refractivity contribution >= 4 is 62.9 Å².